The number of dihydropyridines is 1. The van der Waals surface area contributed by atoms with Gasteiger partial charge in [0, 0.05) is 64.9 Å². The van der Waals surface area contributed by atoms with Gasteiger partial charge in [-0.05, 0) is 72.6 Å². The Bertz CT molecular complexity index is 3250. The maximum absolute atomic E-state index is 15.4. The van der Waals surface area contributed by atoms with Crippen LogP contribution in [-0.4, -0.2) is 174 Å². The minimum Gasteiger partial charge on any atom is -0.486 e. The molecule has 1 saturated carbocycles. The van der Waals surface area contributed by atoms with E-state index in [1.807, 2.05) is 47.4 Å². The number of benzene rings is 3. The van der Waals surface area contributed by atoms with Crippen molar-refractivity contribution in [3.8, 4) is 23.3 Å². The smallest absolute Gasteiger partial charge is 0.242 e. The van der Waals surface area contributed by atoms with Gasteiger partial charge >= 0.3 is 0 Å². The summed E-state index contributed by atoms with van der Waals surface area (Å²) in [6.07, 6.45) is -0.857. The lowest BCUT2D eigenvalue weighted by Gasteiger charge is -2.48. The zero-order valence-electron chi connectivity index (χ0n) is 46.2. The van der Waals surface area contributed by atoms with Crippen LogP contribution < -0.4 is 52.4 Å². The van der Waals surface area contributed by atoms with Crippen molar-refractivity contribution >= 4 is 29.4 Å². The van der Waals surface area contributed by atoms with Crippen molar-refractivity contribution in [1.29, 1.82) is 0 Å². The SMILES string of the molecule is NC1=C2C(=CCN1)[C@@](CO)(CO[C@@H]1[C@H]3Oc4c(cc5c(c4OC[C@H](O)CC=O)C(=O)c4cc(CO)ccc4C5=O)[C@H](c4ccccc4N4CN[C@H]5C(=O)N[C@@H](N)N[C@H]54)[C@H]4CC[C@@H](O)CC#C[C@](O)([C@H](COC4)O3)[C@H]1O)C=C[C@@H]2NC1CCCC1. The molecule has 15 N–H and O–H groups in total. The first-order valence-electron chi connectivity index (χ1n) is 29.0. The highest BCUT2D eigenvalue weighted by molar-refractivity contribution is 6.29. The molecule has 4 fully saturated rings. The normalized spacial score (nSPS) is 33.1. The van der Waals surface area contributed by atoms with Crippen molar-refractivity contribution in [2.45, 2.75) is 137 Å². The van der Waals surface area contributed by atoms with Crippen molar-refractivity contribution in [2.24, 2.45) is 22.8 Å². The second kappa shape index (κ2) is 23.7. The van der Waals surface area contributed by atoms with Crippen molar-refractivity contribution in [3.63, 3.8) is 0 Å². The van der Waals surface area contributed by atoms with Crippen LogP contribution in [0.15, 0.2) is 83.7 Å². The number of aliphatic hydroxyl groups excluding tert-OH is 5. The molecule has 0 radical (unpaired) electrons. The van der Waals surface area contributed by atoms with Crippen molar-refractivity contribution in [2.75, 3.05) is 51.1 Å². The van der Waals surface area contributed by atoms with Crippen LogP contribution in [0, 0.1) is 23.2 Å². The number of amides is 1. The number of hydrogen-bond acceptors (Lipinski definition) is 22. The summed E-state index contributed by atoms with van der Waals surface area (Å²) in [7, 11) is 0. The van der Waals surface area contributed by atoms with E-state index in [-0.39, 0.29) is 109 Å². The molecule has 3 aromatic rings. The number of para-hydroxylation sites is 1. The van der Waals surface area contributed by atoms with E-state index in [0.717, 1.165) is 31.3 Å². The molecule has 23 heteroatoms. The summed E-state index contributed by atoms with van der Waals surface area (Å²) >= 11 is 0. The Morgan fingerprint density at radius 1 is 0.988 bits per heavy atom. The third-order valence-electron chi connectivity index (χ3n) is 18.1. The second-order valence-corrected chi connectivity index (χ2v) is 23.4. The van der Waals surface area contributed by atoms with Crippen LogP contribution in [0.3, 0.4) is 0 Å². The van der Waals surface area contributed by atoms with Crippen LogP contribution in [0.1, 0.15) is 106 Å². The number of nitrogens with two attached hydrogens (primary N) is 2. The number of carbonyl (C=O) groups is 4. The van der Waals surface area contributed by atoms with Gasteiger partial charge in [0.1, 0.15) is 55.5 Å². The predicted octanol–water partition coefficient (Wildman–Crippen LogP) is -0.637. The predicted molar refractivity (Wildman–Crippen MR) is 301 cm³/mol. The molecule has 0 spiro atoms. The number of hydrogen-bond donors (Lipinski definition) is 13. The number of aliphatic hydroxyl groups is 6. The number of carbonyl (C=O) groups excluding carboxylic acids is 4. The van der Waals surface area contributed by atoms with Crippen molar-refractivity contribution < 1.29 is 73.5 Å². The van der Waals surface area contributed by atoms with Crippen LogP contribution in [0.25, 0.3) is 0 Å². The van der Waals surface area contributed by atoms with Crippen LogP contribution in [-0.2, 0) is 30.4 Å². The molecular formula is C61H72N8O15. The highest BCUT2D eigenvalue weighted by atomic mass is 16.7. The highest BCUT2D eigenvalue weighted by Crippen LogP contribution is 2.53. The standard InChI is InChI=1S/C61H72N8O15/c62-55-47-41(16-20-64-55)60(28-72,19-15-42(47)66-33-6-1-2-7-33)29-82-53-54(77)61(79)18-5-8-34(73)13-12-32-25-80-27-44(61)83-58(53)84-51-40(45(32)37-9-3-4-10-43(37)69-30-65-48-56(69)67-59(63)68-57(48)78)23-39-46(52(51)81-26-35(74)17-21-70)50(76)38-22-31(24-71)11-14-36(38)49(39)75/h3-4,9-11,14-16,19,21-23,32-35,42,44-45,48,53-54,56,58-59,64-67,71-74,77,79H,1-2,6-8,12-13,17,20,24-30,62-63H2,(H,68,78)/t32-,34-,35+,42-,44-,45-,48+,53-,54-,56-,58+,59-,60-,61-/m0/s1. The van der Waals surface area contributed by atoms with Gasteiger partial charge in [0.25, 0.3) is 0 Å². The van der Waals surface area contributed by atoms with Gasteiger partial charge in [-0.2, -0.15) is 0 Å². The largest absolute Gasteiger partial charge is 0.486 e. The van der Waals surface area contributed by atoms with Gasteiger partial charge in [-0.25, -0.2) is 0 Å². The van der Waals surface area contributed by atoms with E-state index < -0.39 is 110 Å². The Morgan fingerprint density at radius 2 is 1.81 bits per heavy atom. The number of ketones is 2. The third kappa shape index (κ3) is 10.4. The summed E-state index contributed by atoms with van der Waals surface area (Å²) in [4.78, 5) is 58.0. The first-order valence-corrected chi connectivity index (χ1v) is 29.0. The summed E-state index contributed by atoms with van der Waals surface area (Å²) in [6, 6.07) is 12.5. The minimum atomic E-state index is -2.47. The van der Waals surface area contributed by atoms with Crippen LogP contribution in [0.2, 0.25) is 0 Å². The maximum Gasteiger partial charge on any atom is 0.242 e. The topological polar surface area (TPSA) is 351 Å². The van der Waals surface area contributed by atoms with Gasteiger partial charge in [0.05, 0.1) is 68.9 Å². The van der Waals surface area contributed by atoms with E-state index in [0.29, 0.717) is 41.0 Å². The molecule has 6 aliphatic heterocycles. The van der Waals surface area contributed by atoms with E-state index >= 15 is 9.59 Å². The Labute approximate surface area is 484 Å². The van der Waals surface area contributed by atoms with Crippen molar-refractivity contribution in [3.05, 3.63) is 123 Å². The zero-order chi connectivity index (χ0) is 58.6. The van der Waals surface area contributed by atoms with Crippen LogP contribution in [0.5, 0.6) is 11.5 Å². The molecule has 14 atom stereocenters. The fourth-order valence-electron chi connectivity index (χ4n) is 13.7. The molecule has 3 aliphatic carbocycles. The highest BCUT2D eigenvalue weighted by Gasteiger charge is 2.58. The number of aldehydes is 1. The van der Waals surface area contributed by atoms with E-state index in [2.05, 4.69) is 38.4 Å². The second-order valence-electron chi connectivity index (χ2n) is 23.4. The Balaban J connectivity index is 1.07. The summed E-state index contributed by atoms with van der Waals surface area (Å²) in [5.74, 6) is 2.31. The molecule has 446 valence electrons. The molecule has 0 unspecified atom stereocenters. The van der Waals surface area contributed by atoms with Crippen LogP contribution in [0.4, 0.5) is 5.69 Å². The van der Waals surface area contributed by atoms with Crippen LogP contribution >= 0.6 is 0 Å². The molecular weight excluding hydrogens is 1080 g/mol. The fourth-order valence-corrected chi connectivity index (χ4v) is 13.7. The number of nitrogens with zero attached hydrogens (tertiary/aromatic N) is 1. The van der Waals surface area contributed by atoms with Gasteiger partial charge in [-0.3, -0.25) is 30.8 Å². The number of nitrogens with one attached hydrogen (secondary N) is 5. The number of anilines is 1. The molecule has 6 heterocycles. The average Bonchev–Trinajstić information content (AvgIpc) is 2.94. The van der Waals surface area contributed by atoms with Gasteiger partial charge in [0.15, 0.2) is 28.7 Å². The fraction of sp³-hybridized carbons (Fsp3) is 0.508. The van der Waals surface area contributed by atoms with E-state index in [4.69, 9.17) is 35.2 Å². The lowest BCUT2D eigenvalue weighted by atomic mass is 9.70. The molecule has 12 rings (SSSR count). The first kappa shape index (κ1) is 57.8. The Hall–Kier alpha value is -6.60. The monoisotopic (exact) mass is 1160 g/mol. The lowest BCUT2D eigenvalue weighted by Crippen LogP contribution is -2.70. The number of ether oxygens (including phenoxy) is 5. The quantitative estimate of drug-likeness (QED) is 0.0424. The Kier molecular flexibility index (Phi) is 16.3. The van der Waals surface area contributed by atoms with E-state index in [1.54, 1.807) is 12.1 Å². The summed E-state index contributed by atoms with van der Waals surface area (Å²) in [5.41, 5.74) is 12.0. The molecule has 3 bridgehead atoms. The average molecular weight is 1160 g/mol. The van der Waals surface area contributed by atoms with Gasteiger partial charge in [-0.1, -0.05) is 67.2 Å². The summed E-state index contributed by atoms with van der Waals surface area (Å²) < 4.78 is 34.3. The zero-order valence-corrected chi connectivity index (χ0v) is 46.2. The summed E-state index contributed by atoms with van der Waals surface area (Å²) in [6.45, 7) is -1.91. The first-order chi connectivity index (χ1) is 40.6. The Morgan fingerprint density at radius 3 is 2.61 bits per heavy atom. The molecule has 3 aromatic carbocycles. The third-order valence-corrected chi connectivity index (χ3v) is 18.1. The van der Waals surface area contributed by atoms with Gasteiger partial charge < -0.3 is 85.7 Å². The molecule has 3 saturated heterocycles. The molecule has 84 heavy (non-hydrogen) atoms. The molecule has 0 aromatic heterocycles. The number of rotatable bonds is 14. The van der Waals surface area contributed by atoms with Crippen molar-refractivity contribution in [1.82, 2.24) is 26.6 Å². The van der Waals surface area contributed by atoms with Gasteiger partial charge in [-0.15, -0.1) is 0 Å². The van der Waals surface area contributed by atoms with Gasteiger partial charge in [0.2, 0.25) is 12.2 Å². The minimum absolute atomic E-state index is 0.0351. The van der Waals surface area contributed by atoms with E-state index in [9.17, 15) is 40.2 Å². The number of fused-ring (bicyclic) bond motifs is 9. The van der Waals surface area contributed by atoms with E-state index in [1.165, 1.54) is 12.1 Å². The lowest BCUT2D eigenvalue weighted by molar-refractivity contribution is -0.310. The maximum atomic E-state index is 15.4. The molecule has 23 nitrogen and oxygen atoms in total. The molecule has 9 aliphatic rings. The molecule has 1 amide bonds. The summed E-state index contributed by atoms with van der Waals surface area (Å²) in [5, 5.41) is 87.1.